The fourth-order valence-electron chi connectivity index (χ4n) is 4.58. The molecule has 0 aromatic heterocycles. The van der Waals surface area contributed by atoms with E-state index in [4.69, 9.17) is 9.47 Å². The van der Waals surface area contributed by atoms with Crippen molar-refractivity contribution in [1.82, 2.24) is 9.80 Å². The van der Waals surface area contributed by atoms with Crippen molar-refractivity contribution in [3.8, 4) is 5.75 Å². The predicted octanol–water partition coefficient (Wildman–Crippen LogP) is 3.90. The lowest BCUT2D eigenvalue weighted by Gasteiger charge is -2.60. The summed E-state index contributed by atoms with van der Waals surface area (Å²) in [6.45, 7) is 13.0. The van der Waals surface area contributed by atoms with Crippen molar-refractivity contribution in [3.05, 3.63) is 23.8 Å². The first-order valence-corrected chi connectivity index (χ1v) is 11.0. The first-order chi connectivity index (χ1) is 14.1. The fraction of sp³-hybridized carbons (Fsp3) is 0.652. The van der Waals surface area contributed by atoms with Crippen molar-refractivity contribution in [3.63, 3.8) is 0 Å². The molecule has 0 saturated carbocycles. The largest absolute Gasteiger partial charge is 0.489 e. The molecule has 0 bridgehead atoms. The third-order valence-electron chi connectivity index (χ3n) is 6.19. The Bertz CT molecular complexity index is 833. The van der Waals surface area contributed by atoms with Crippen LogP contribution in [0.3, 0.4) is 0 Å². The van der Waals surface area contributed by atoms with Gasteiger partial charge < -0.3 is 19.3 Å². The van der Waals surface area contributed by atoms with Gasteiger partial charge in [0.15, 0.2) is 0 Å². The molecule has 3 aliphatic heterocycles. The molecular formula is C23H33N3O4. The van der Waals surface area contributed by atoms with Crippen molar-refractivity contribution in [2.75, 3.05) is 37.7 Å². The number of carbonyl (C=O) groups excluding carboxylic acids is 2. The number of anilines is 1. The summed E-state index contributed by atoms with van der Waals surface area (Å²) in [6.07, 6.45) is 1.51. The van der Waals surface area contributed by atoms with E-state index >= 15 is 0 Å². The van der Waals surface area contributed by atoms with Gasteiger partial charge in [0, 0.05) is 31.6 Å². The van der Waals surface area contributed by atoms with Gasteiger partial charge in [0.2, 0.25) is 0 Å². The Kier molecular flexibility index (Phi) is 5.11. The number of urea groups is 1. The first kappa shape index (κ1) is 20.8. The van der Waals surface area contributed by atoms with Crippen LogP contribution < -0.4 is 9.64 Å². The van der Waals surface area contributed by atoms with Crippen LogP contribution in [0.15, 0.2) is 18.2 Å². The summed E-state index contributed by atoms with van der Waals surface area (Å²) in [7, 11) is 0. The Morgan fingerprint density at radius 3 is 2.40 bits per heavy atom. The molecule has 0 N–H and O–H groups in total. The van der Waals surface area contributed by atoms with Gasteiger partial charge in [0.25, 0.3) is 0 Å². The maximum Gasteiger partial charge on any atom is 0.410 e. The molecule has 1 atom stereocenters. The highest BCUT2D eigenvalue weighted by Crippen LogP contribution is 2.43. The third kappa shape index (κ3) is 3.70. The second-order valence-corrected chi connectivity index (χ2v) is 9.87. The summed E-state index contributed by atoms with van der Waals surface area (Å²) in [5, 5.41) is 0. The Labute approximate surface area is 178 Å². The molecule has 0 aliphatic carbocycles. The lowest BCUT2D eigenvalue weighted by Crippen LogP contribution is -2.75. The molecule has 4 rings (SSSR count). The number of ether oxygens (including phenoxy) is 2. The van der Waals surface area contributed by atoms with E-state index in [1.807, 2.05) is 42.7 Å². The summed E-state index contributed by atoms with van der Waals surface area (Å²) in [5.41, 5.74) is 1.60. The number of amides is 3. The highest BCUT2D eigenvalue weighted by Gasteiger charge is 2.56. The third-order valence-corrected chi connectivity index (χ3v) is 6.19. The van der Waals surface area contributed by atoms with Crippen LogP contribution in [0.25, 0.3) is 0 Å². The minimum atomic E-state index is -0.488. The van der Waals surface area contributed by atoms with E-state index in [1.165, 1.54) is 5.56 Å². The number of likely N-dealkylation sites (tertiary alicyclic amines) is 2. The molecule has 30 heavy (non-hydrogen) atoms. The Hall–Kier alpha value is -2.44. The number of aryl methyl sites for hydroxylation is 1. The molecule has 3 amide bonds. The van der Waals surface area contributed by atoms with E-state index in [0.29, 0.717) is 32.8 Å². The molecule has 2 saturated heterocycles. The van der Waals surface area contributed by atoms with Gasteiger partial charge in [-0.05, 0) is 51.3 Å². The lowest BCUT2D eigenvalue weighted by atomic mass is 9.73. The molecule has 3 aliphatic rings. The molecular weight excluding hydrogens is 382 g/mol. The maximum absolute atomic E-state index is 13.4. The Balaban J connectivity index is 1.40. The van der Waals surface area contributed by atoms with E-state index in [0.717, 1.165) is 24.3 Å². The standard InChI is InChI=1S/C23H33N3O4/c1-6-16-8-9-18-19(10-16)29-11-17(7-2)26(18)20(27)24-12-23(13-24)14-25(15-23)21(28)30-22(3,4)5/h8-10,17H,6-7,11-15H2,1-5H3. The number of rotatable bonds is 2. The molecule has 2 fully saturated rings. The van der Waals surface area contributed by atoms with E-state index in [9.17, 15) is 9.59 Å². The van der Waals surface area contributed by atoms with Crippen LogP contribution in [0, 0.1) is 5.41 Å². The van der Waals surface area contributed by atoms with Gasteiger partial charge in [-0.2, -0.15) is 0 Å². The number of hydrogen-bond donors (Lipinski definition) is 0. The van der Waals surface area contributed by atoms with Gasteiger partial charge in [0.05, 0.1) is 11.7 Å². The molecule has 164 valence electrons. The van der Waals surface area contributed by atoms with Crippen molar-refractivity contribution < 1.29 is 19.1 Å². The van der Waals surface area contributed by atoms with E-state index in [2.05, 4.69) is 19.9 Å². The van der Waals surface area contributed by atoms with E-state index < -0.39 is 5.60 Å². The number of fused-ring (bicyclic) bond motifs is 1. The minimum absolute atomic E-state index is 0.0233. The highest BCUT2D eigenvalue weighted by molar-refractivity contribution is 5.95. The van der Waals surface area contributed by atoms with Gasteiger partial charge in [-0.3, -0.25) is 4.90 Å². The molecule has 1 aromatic rings. The van der Waals surface area contributed by atoms with Crippen molar-refractivity contribution in [2.45, 2.75) is 59.1 Å². The molecule has 7 nitrogen and oxygen atoms in total. The second-order valence-electron chi connectivity index (χ2n) is 9.87. The molecule has 3 heterocycles. The van der Waals surface area contributed by atoms with Crippen LogP contribution in [0.2, 0.25) is 0 Å². The average Bonchev–Trinajstić information content (AvgIpc) is 2.62. The van der Waals surface area contributed by atoms with Gasteiger partial charge >= 0.3 is 12.1 Å². The molecule has 0 radical (unpaired) electrons. The number of hydrogen-bond acceptors (Lipinski definition) is 4. The quantitative estimate of drug-likeness (QED) is 0.735. The average molecular weight is 416 g/mol. The van der Waals surface area contributed by atoms with E-state index in [1.54, 1.807) is 4.90 Å². The fourth-order valence-corrected chi connectivity index (χ4v) is 4.58. The zero-order chi connectivity index (χ0) is 21.7. The smallest absolute Gasteiger partial charge is 0.410 e. The predicted molar refractivity (Wildman–Crippen MR) is 115 cm³/mol. The molecule has 1 aromatic carbocycles. The highest BCUT2D eigenvalue weighted by atomic mass is 16.6. The number of nitrogens with zero attached hydrogens (tertiary/aromatic N) is 3. The number of carbonyl (C=O) groups is 2. The summed E-state index contributed by atoms with van der Waals surface area (Å²) < 4.78 is 11.4. The topological polar surface area (TPSA) is 62.3 Å². The zero-order valence-electron chi connectivity index (χ0n) is 18.7. The summed E-state index contributed by atoms with van der Waals surface area (Å²) >= 11 is 0. The second kappa shape index (κ2) is 7.36. The lowest BCUT2D eigenvalue weighted by molar-refractivity contribution is -0.0946. The summed E-state index contributed by atoms with van der Waals surface area (Å²) in [5.74, 6) is 0.794. The van der Waals surface area contributed by atoms with Crippen LogP contribution in [0.4, 0.5) is 15.3 Å². The maximum atomic E-state index is 13.4. The minimum Gasteiger partial charge on any atom is -0.489 e. The Morgan fingerprint density at radius 2 is 1.80 bits per heavy atom. The Morgan fingerprint density at radius 1 is 1.13 bits per heavy atom. The van der Waals surface area contributed by atoms with Crippen molar-refractivity contribution >= 4 is 17.8 Å². The van der Waals surface area contributed by atoms with Crippen molar-refractivity contribution in [2.24, 2.45) is 5.41 Å². The SMILES string of the molecule is CCc1ccc2c(c1)OCC(CC)N2C(=O)N1CC2(CN(C(=O)OC(C)(C)C)C2)C1. The monoisotopic (exact) mass is 415 g/mol. The van der Waals surface area contributed by atoms with E-state index in [-0.39, 0.29) is 23.6 Å². The first-order valence-electron chi connectivity index (χ1n) is 11.0. The molecule has 7 heteroatoms. The normalized spacial score (nSPS) is 22.0. The van der Waals surface area contributed by atoms with Gasteiger partial charge in [-0.25, -0.2) is 9.59 Å². The van der Waals surface area contributed by atoms with Crippen LogP contribution in [-0.4, -0.2) is 66.4 Å². The van der Waals surface area contributed by atoms with Gasteiger partial charge in [-0.1, -0.05) is 19.9 Å². The van der Waals surface area contributed by atoms with Crippen LogP contribution in [0.5, 0.6) is 5.75 Å². The zero-order valence-corrected chi connectivity index (χ0v) is 18.7. The van der Waals surface area contributed by atoms with Crippen molar-refractivity contribution in [1.29, 1.82) is 0 Å². The number of benzene rings is 1. The van der Waals surface area contributed by atoms with Gasteiger partial charge in [0.1, 0.15) is 18.0 Å². The van der Waals surface area contributed by atoms with Crippen LogP contribution >= 0.6 is 0 Å². The van der Waals surface area contributed by atoms with Crippen LogP contribution in [-0.2, 0) is 11.2 Å². The summed E-state index contributed by atoms with van der Waals surface area (Å²) in [4.78, 5) is 31.1. The summed E-state index contributed by atoms with van der Waals surface area (Å²) in [6, 6.07) is 6.20. The molecule has 1 unspecified atom stereocenters. The van der Waals surface area contributed by atoms with Crippen LogP contribution in [0.1, 0.15) is 46.6 Å². The van der Waals surface area contributed by atoms with Gasteiger partial charge in [-0.15, -0.1) is 0 Å². The molecule has 1 spiro atoms.